The maximum atomic E-state index is 12.1. The van der Waals surface area contributed by atoms with Gasteiger partial charge in [0, 0.05) is 28.6 Å². The molecule has 0 aliphatic heterocycles. The topological polar surface area (TPSA) is 62.5 Å². The van der Waals surface area contributed by atoms with Crippen LogP contribution in [0.25, 0.3) is 21.4 Å². The molecule has 0 fully saturated rings. The highest BCUT2D eigenvalue weighted by Crippen LogP contribution is 2.26. The summed E-state index contributed by atoms with van der Waals surface area (Å²) < 4.78 is 5.41. The van der Waals surface area contributed by atoms with Gasteiger partial charge in [-0.3, -0.25) is 0 Å². The number of thiophene rings is 1. The average molecular weight is 301 g/mol. The number of rotatable bonds is 4. The van der Waals surface area contributed by atoms with Crippen molar-refractivity contribution in [1.29, 1.82) is 0 Å². The number of anilines is 1. The molecule has 0 spiro atoms. The van der Waals surface area contributed by atoms with Crippen LogP contribution < -0.4 is 10.9 Å². The van der Waals surface area contributed by atoms with E-state index >= 15 is 0 Å². The number of benzene rings is 1. The zero-order valence-electron chi connectivity index (χ0n) is 11.5. The zero-order valence-corrected chi connectivity index (χ0v) is 12.3. The van der Waals surface area contributed by atoms with Crippen molar-refractivity contribution in [3.05, 3.63) is 52.2 Å². The minimum atomic E-state index is -0.436. The Morgan fingerprint density at radius 1 is 1.33 bits per heavy atom. The summed E-state index contributed by atoms with van der Waals surface area (Å²) >= 11 is 1.51. The Labute approximate surface area is 125 Å². The van der Waals surface area contributed by atoms with Gasteiger partial charge in [-0.25, -0.2) is 4.79 Å². The summed E-state index contributed by atoms with van der Waals surface area (Å²) in [6, 6.07) is 11.2. The van der Waals surface area contributed by atoms with E-state index in [-0.39, 0.29) is 5.63 Å². The van der Waals surface area contributed by atoms with Crippen molar-refractivity contribution in [3.63, 3.8) is 0 Å². The molecule has 3 rings (SSSR count). The number of hydrogen-bond donors (Lipinski definition) is 2. The molecule has 0 bridgehead atoms. The second-order valence-electron chi connectivity index (χ2n) is 4.91. The number of aliphatic hydroxyl groups is 1. The maximum Gasteiger partial charge on any atom is 0.345 e. The Bertz CT molecular complexity index is 806. The van der Waals surface area contributed by atoms with E-state index in [4.69, 9.17) is 4.42 Å². The molecule has 0 amide bonds. The van der Waals surface area contributed by atoms with E-state index in [2.05, 4.69) is 5.32 Å². The van der Waals surface area contributed by atoms with Crippen molar-refractivity contribution in [2.75, 3.05) is 11.9 Å². The minimum Gasteiger partial charge on any atom is -0.422 e. The molecule has 3 aromatic rings. The first kappa shape index (κ1) is 13.9. The van der Waals surface area contributed by atoms with Crippen LogP contribution in [-0.2, 0) is 0 Å². The number of nitrogens with one attached hydrogen (secondary N) is 1. The zero-order chi connectivity index (χ0) is 14.8. The van der Waals surface area contributed by atoms with E-state index in [0.29, 0.717) is 17.7 Å². The van der Waals surface area contributed by atoms with Gasteiger partial charge in [0.05, 0.1) is 11.7 Å². The van der Waals surface area contributed by atoms with Gasteiger partial charge < -0.3 is 14.8 Å². The fraction of sp³-hybridized carbons (Fsp3) is 0.188. The Morgan fingerprint density at radius 3 is 2.90 bits per heavy atom. The predicted molar refractivity (Wildman–Crippen MR) is 86.0 cm³/mol. The molecule has 2 aromatic heterocycles. The first-order chi connectivity index (χ1) is 10.1. The number of fused-ring (bicyclic) bond motifs is 1. The molecule has 21 heavy (non-hydrogen) atoms. The van der Waals surface area contributed by atoms with Gasteiger partial charge in [-0.2, -0.15) is 0 Å². The van der Waals surface area contributed by atoms with E-state index in [1.807, 2.05) is 35.7 Å². The minimum absolute atomic E-state index is 0.336. The predicted octanol–water partition coefficient (Wildman–Crippen LogP) is 3.31. The Hall–Kier alpha value is -2.11. The van der Waals surface area contributed by atoms with Crippen molar-refractivity contribution in [1.82, 2.24) is 0 Å². The second-order valence-corrected chi connectivity index (χ2v) is 5.86. The van der Waals surface area contributed by atoms with Gasteiger partial charge >= 0.3 is 5.63 Å². The van der Waals surface area contributed by atoms with Crippen LogP contribution in [0.5, 0.6) is 0 Å². The Balaban J connectivity index is 2.01. The standard InChI is InChI=1S/C16H15NO3S/c1-10(18)9-17-12-5-4-11-7-13(15-3-2-6-21-15)16(19)20-14(11)8-12/h2-8,10,17-18H,9H2,1H3/t10-/m0/s1. The van der Waals surface area contributed by atoms with Crippen LogP contribution in [-0.4, -0.2) is 17.8 Å². The fourth-order valence-corrected chi connectivity index (χ4v) is 2.82. The third-order valence-electron chi connectivity index (χ3n) is 3.12. The normalized spacial score (nSPS) is 12.5. The molecule has 2 N–H and O–H groups in total. The molecule has 1 atom stereocenters. The van der Waals surface area contributed by atoms with Gasteiger partial charge in [-0.05, 0) is 36.6 Å². The number of hydrogen-bond acceptors (Lipinski definition) is 5. The van der Waals surface area contributed by atoms with Crippen molar-refractivity contribution < 1.29 is 9.52 Å². The van der Waals surface area contributed by atoms with Crippen LogP contribution in [0.3, 0.4) is 0 Å². The highest BCUT2D eigenvalue weighted by Gasteiger charge is 2.09. The molecule has 108 valence electrons. The quantitative estimate of drug-likeness (QED) is 0.726. The fourth-order valence-electron chi connectivity index (χ4n) is 2.09. The Morgan fingerprint density at radius 2 is 2.19 bits per heavy atom. The average Bonchev–Trinajstić information content (AvgIpc) is 2.98. The van der Waals surface area contributed by atoms with Gasteiger partial charge in [0.2, 0.25) is 0 Å². The molecule has 0 saturated heterocycles. The van der Waals surface area contributed by atoms with E-state index < -0.39 is 6.10 Å². The van der Waals surface area contributed by atoms with Crippen LogP contribution >= 0.6 is 11.3 Å². The van der Waals surface area contributed by atoms with Gasteiger partial charge in [-0.1, -0.05) is 6.07 Å². The molecule has 0 aliphatic carbocycles. The summed E-state index contributed by atoms with van der Waals surface area (Å²) in [6.07, 6.45) is -0.436. The van der Waals surface area contributed by atoms with Gasteiger partial charge in [0.25, 0.3) is 0 Å². The second kappa shape index (κ2) is 5.71. The molecule has 0 aliphatic rings. The Kier molecular flexibility index (Phi) is 3.77. The van der Waals surface area contributed by atoms with Gasteiger partial charge in [0.15, 0.2) is 0 Å². The summed E-state index contributed by atoms with van der Waals surface area (Å²) in [5.74, 6) is 0. The molecule has 5 heteroatoms. The molecule has 4 nitrogen and oxygen atoms in total. The first-order valence-corrected chi connectivity index (χ1v) is 7.55. The van der Waals surface area contributed by atoms with Crippen LogP contribution in [0.4, 0.5) is 5.69 Å². The summed E-state index contributed by atoms with van der Waals surface area (Å²) in [5, 5.41) is 15.2. The van der Waals surface area contributed by atoms with E-state index in [1.165, 1.54) is 11.3 Å². The van der Waals surface area contributed by atoms with Crippen molar-refractivity contribution in [3.8, 4) is 10.4 Å². The van der Waals surface area contributed by atoms with Crippen LogP contribution in [0, 0.1) is 0 Å². The molecule has 0 radical (unpaired) electrons. The molecule has 1 aromatic carbocycles. The first-order valence-electron chi connectivity index (χ1n) is 6.67. The van der Waals surface area contributed by atoms with Crippen LogP contribution in [0.1, 0.15) is 6.92 Å². The lowest BCUT2D eigenvalue weighted by molar-refractivity contribution is 0.208. The lowest BCUT2D eigenvalue weighted by Crippen LogP contribution is -2.15. The third-order valence-corrected chi connectivity index (χ3v) is 4.03. The molecule has 0 saturated carbocycles. The molecule has 0 unspecified atom stereocenters. The van der Waals surface area contributed by atoms with Crippen molar-refractivity contribution >= 4 is 28.0 Å². The van der Waals surface area contributed by atoms with Gasteiger partial charge in [0.1, 0.15) is 5.58 Å². The highest BCUT2D eigenvalue weighted by molar-refractivity contribution is 7.13. The molecule has 2 heterocycles. The largest absolute Gasteiger partial charge is 0.422 e. The summed E-state index contributed by atoms with van der Waals surface area (Å²) in [7, 11) is 0. The van der Waals surface area contributed by atoms with E-state index in [0.717, 1.165) is 16.0 Å². The molecular formula is C16H15NO3S. The van der Waals surface area contributed by atoms with E-state index in [1.54, 1.807) is 13.0 Å². The monoisotopic (exact) mass is 301 g/mol. The summed E-state index contributed by atoms with van der Waals surface area (Å²) in [5.41, 5.74) is 1.60. The van der Waals surface area contributed by atoms with Crippen molar-refractivity contribution in [2.45, 2.75) is 13.0 Å². The lowest BCUT2D eigenvalue weighted by Gasteiger charge is -2.09. The molecular weight excluding hydrogens is 286 g/mol. The van der Waals surface area contributed by atoms with Crippen molar-refractivity contribution in [2.24, 2.45) is 0 Å². The highest BCUT2D eigenvalue weighted by atomic mass is 32.1. The summed E-state index contributed by atoms with van der Waals surface area (Å²) in [6.45, 7) is 2.16. The third kappa shape index (κ3) is 2.99. The van der Waals surface area contributed by atoms with E-state index in [9.17, 15) is 9.90 Å². The summed E-state index contributed by atoms with van der Waals surface area (Å²) in [4.78, 5) is 13.0. The van der Waals surface area contributed by atoms with Crippen LogP contribution in [0.2, 0.25) is 0 Å². The van der Waals surface area contributed by atoms with Gasteiger partial charge in [-0.15, -0.1) is 11.3 Å². The smallest absolute Gasteiger partial charge is 0.345 e. The maximum absolute atomic E-state index is 12.1. The number of aliphatic hydroxyl groups excluding tert-OH is 1. The SMILES string of the molecule is C[C@H](O)CNc1ccc2cc(-c3cccs3)c(=O)oc2c1. The van der Waals surface area contributed by atoms with Crippen LogP contribution in [0.15, 0.2) is 51.0 Å². The lowest BCUT2D eigenvalue weighted by atomic mass is 10.1.